The van der Waals surface area contributed by atoms with Gasteiger partial charge in [0, 0.05) is 19.3 Å². The van der Waals surface area contributed by atoms with Gasteiger partial charge in [-0.15, -0.1) is 0 Å². The summed E-state index contributed by atoms with van der Waals surface area (Å²) in [5.74, 6) is -1.58. The molecule has 172 valence electrons. The van der Waals surface area contributed by atoms with Crippen molar-refractivity contribution in [2.75, 3.05) is 11.9 Å². The minimum absolute atomic E-state index is 0.00871. The number of fused-ring (bicyclic) bond motifs is 1. The highest BCUT2D eigenvalue weighted by Gasteiger charge is 2.58. The fraction of sp³-hybridized carbons (Fsp3) is 0.333. The fourth-order valence-corrected chi connectivity index (χ4v) is 3.32. The largest absolute Gasteiger partial charge is 0.432 e. The van der Waals surface area contributed by atoms with Crippen LogP contribution in [0.1, 0.15) is 28.5 Å². The average molecular weight is 459 g/mol. The van der Waals surface area contributed by atoms with E-state index in [0.29, 0.717) is 6.92 Å². The number of aliphatic hydroxyl groups is 1. The highest BCUT2D eigenvalue weighted by Crippen LogP contribution is 2.36. The molecule has 0 spiro atoms. The van der Waals surface area contributed by atoms with Crippen molar-refractivity contribution in [2.24, 2.45) is 7.05 Å². The number of hydrogen-bond acceptors (Lipinski definition) is 7. The fourth-order valence-electron chi connectivity index (χ4n) is 3.32. The lowest BCUT2D eigenvalue weighted by Crippen LogP contribution is -2.70. The van der Waals surface area contributed by atoms with Crippen molar-refractivity contribution >= 4 is 17.3 Å². The molecule has 0 bridgehead atoms. The summed E-state index contributed by atoms with van der Waals surface area (Å²) < 4.78 is 54.5. The van der Waals surface area contributed by atoms with E-state index in [9.17, 15) is 37.9 Å². The van der Waals surface area contributed by atoms with Crippen LogP contribution < -0.4 is 15.8 Å². The van der Waals surface area contributed by atoms with Crippen LogP contribution in [-0.4, -0.2) is 49.5 Å². The van der Waals surface area contributed by atoms with Gasteiger partial charge < -0.3 is 15.0 Å². The maximum absolute atomic E-state index is 13.5. The molecule has 14 heteroatoms. The standard InChI is InChI=1S/C18H18F4N6O4/c1-17(30,18(20,21)22)27-6-5-12-14(28(31,32)25-27)9-26(2)15(12)16(29)24-11-3-4-13(19)10(7-11)8-23/h3-4,7,9,25,30-32H,5-6H2,1-2H3/p+1. The molecular weight excluding hydrogens is 440 g/mol. The molecule has 10 nitrogen and oxygen atoms in total. The number of nitrogens with zero attached hydrogens (tertiary/aromatic N) is 4. The summed E-state index contributed by atoms with van der Waals surface area (Å²) in [6.07, 6.45) is -4.30. The molecule has 32 heavy (non-hydrogen) atoms. The third-order valence-electron chi connectivity index (χ3n) is 5.07. The second-order valence-corrected chi connectivity index (χ2v) is 7.33. The Bertz CT molecular complexity index is 1110. The quantitative estimate of drug-likeness (QED) is 0.350. The van der Waals surface area contributed by atoms with Gasteiger partial charge in [0.05, 0.1) is 22.2 Å². The van der Waals surface area contributed by atoms with Crippen LogP contribution in [0.5, 0.6) is 0 Å². The van der Waals surface area contributed by atoms with Gasteiger partial charge in [-0.05, 0) is 37.1 Å². The Morgan fingerprint density at radius 1 is 1.34 bits per heavy atom. The molecular formula is C18H19F4N6O4+. The number of halogens is 4. The van der Waals surface area contributed by atoms with Gasteiger partial charge in [0.25, 0.3) is 5.91 Å². The zero-order valence-electron chi connectivity index (χ0n) is 16.8. The number of nitrogens with one attached hydrogen (secondary N) is 2. The van der Waals surface area contributed by atoms with Gasteiger partial charge in [0.1, 0.15) is 17.6 Å². The molecule has 2 heterocycles. The van der Waals surface area contributed by atoms with Gasteiger partial charge in [-0.2, -0.15) is 33.9 Å². The number of nitriles is 1. The molecule has 1 aromatic heterocycles. The number of hydrazine groups is 1. The number of quaternary nitrogens is 1. The minimum atomic E-state index is -5.14. The first-order valence-corrected chi connectivity index (χ1v) is 9.08. The second kappa shape index (κ2) is 7.81. The van der Waals surface area contributed by atoms with Crippen LogP contribution in [0.2, 0.25) is 0 Å². The summed E-state index contributed by atoms with van der Waals surface area (Å²) in [5.41, 5.74) is -2.39. The monoisotopic (exact) mass is 459 g/mol. The first-order valence-electron chi connectivity index (χ1n) is 9.08. The number of benzene rings is 1. The molecule has 1 aliphatic rings. The van der Waals surface area contributed by atoms with E-state index >= 15 is 0 Å². The molecule has 5 N–H and O–H groups in total. The molecule has 0 saturated carbocycles. The highest BCUT2D eigenvalue weighted by atomic mass is 19.4. The predicted molar refractivity (Wildman–Crippen MR) is 100 cm³/mol. The Balaban J connectivity index is 1.96. The summed E-state index contributed by atoms with van der Waals surface area (Å²) in [6, 6.07) is 4.90. The molecule has 1 aliphatic heterocycles. The molecule has 0 fully saturated rings. The first-order chi connectivity index (χ1) is 14.7. The van der Waals surface area contributed by atoms with Crippen molar-refractivity contribution in [3.63, 3.8) is 0 Å². The van der Waals surface area contributed by atoms with Crippen molar-refractivity contribution in [1.82, 2.24) is 20.0 Å². The lowest BCUT2D eigenvalue weighted by atomic mass is 10.1. The number of carbonyl (C=O) groups excluding carboxylic acids is 1. The number of aryl methyl sites for hydroxylation is 1. The summed E-state index contributed by atoms with van der Waals surface area (Å²) in [7, 11) is 1.40. The number of anilines is 1. The van der Waals surface area contributed by atoms with Crippen molar-refractivity contribution in [1.29, 1.82) is 5.26 Å². The van der Waals surface area contributed by atoms with Gasteiger partial charge in [-0.1, -0.05) is 0 Å². The normalized spacial score (nSPS) is 18.2. The van der Waals surface area contributed by atoms with Gasteiger partial charge in [-0.25, -0.2) is 4.39 Å². The lowest BCUT2D eigenvalue weighted by molar-refractivity contribution is -0.396. The van der Waals surface area contributed by atoms with Crippen molar-refractivity contribution in [3.8, 4) is 6.07 Å². The van der Waals surface area contributed by atoms with Crippen molar-refractivity contribution in [3.05, 3.63) is 47.0 Å². The third-order valence-corrected chi connectivity index (χ3v) is 5.07. The maximum atomic E-state index is 13.5. The Kier molecular flexibility index (Phi) is 5.76. The van der Waals surface area contributed by atoms with Crippen LogP contribution in [0.4, 0.5) is 28.9 Å². The van der Waals surface area contributed by atoms with E-state index < -0.39 is 35.1 Å². The van der Waals surface area contributed by atoms with E-state index in [4.69, 9.17) is 5.26 Å². The Hall–Kier alpha value is -3.06. The topological polar surface area (TPSA) is 134 Å². The van der Waals surface area contributed by atoms with E-state index in [2.05, 4.69) is 5.32 Å². The highest BCUT2D eigenvalue weighted by molar-refractivity contribution is 6.05. The van der Waals surface area contributed by atoms with Gasteiger partial charge in [0.15, 0.2) is 0 Å². The molecule has 2 aromatic rings. The molecule has 0 radical (unpaired) electrons. The van der Waals surface area contributed by atoms with Crippen LogP contribution in [-0.2, 0) is 13.5 Å². The summed E-state index contributed by atoms with van der Waals surface area (Å²) in [5, 5.41) is 42.2. The molecule has 3 rings (SSSR count). The number of rotatable bonds is 3. The van der Waals surface area contributed by atoms with Crippen molar-refractivity contribution in [2.45, 2.75) is 25.2 Å². The van der Waals surface area contributed by atoms with Crippen LogP contribution in [0.3, 0.4) is 0 Å². The lowest BCUT2D eigenvalue weighted by Gasteiger charge is -2.37. The Morgan fingerprint density at radius 3 is 2.59 bits per heavy atom. The van der Waals surface area contributed by atoms with E-state index in [1.54, 1.807) is 11.6 Å². The second-order valence-electron chi connectivity index (χ2n) is 7.33. The minimum Gasteiger partial charge on any atom is -0.367 e. The SMILES string of the molecule is Cn1cc2c(c1C(=O)Nc1ccc(F)c(C#N)c1)CCN(C(C)(O)C(F)(F)F)N[N+]2(O)O. The number of aromatic nitrogens is 1. The molecule has 0 aliphatic carbocycles. The van der Waals surface area contributed by atoms with Gasteiger partial charge >= 0.3 is 6.18 Å². The summed E-state index contributed by atoms with van der Waals surface area (Å²) in [4.78, 5) is 10.6. The summed E-state index contributed by atoms with van der Waals surface area (Å²) in [6.45, 7) is -0.120. The number of hydrogen-bond donors (Lipinski definition) is 5. The van der Waals surface area contributed by atoms with Crippen LogP contribution in [0.15, 0.2) is 24.4 Å². The van der Waals surface area contributed by atoms with Crippen LogP contribution >= 0.6 is 0 Å². The van der Waals surface area contributed by atoms with Crippen molar-refractivity contribution < 1.29 is 37.9 Å². The van der Waals surface area contributed by atoms with E-state index in [-0.39, 0.29) is 39.6 Å². The Labute approximate surface area is 178 Å². The predicted octanol–water partition coefficient (Wildman–Crippen LogP) is 1.92. The van der Waals surface area contributed by atoms with E-state index in [1.807, 2.05) is 0 Å². The number of alkyl halides is 3. The van der Waals surface area contributed by atoms with E-state index in [0.717, 1.165) is 18.3 Å². The third kappa shape index (κ3) is 4.05. The molecule has 1 unspecified atom stereocenters. The maximum Gasteiger partial charge on any atom is 0.432 e. The van der Waals surface area contributed by atoms with Crippen LogP contribution in [0, 0.1) is 17.1 Å². The first kappa shape index (κ1) is 23.6. The van der Waals surface area contributed by atoms with E-state index in [1.165, 1.54) is 17.7 Å². The average Bonchev–Trinajstić information content (AvgIpc) is 2.96. The molecule has 1 amide bonds. The Morgan fingerprint density at radius 2 is 2.00 bits per heavy atom. The zero-order chi connectivity index (χ0) is 24.1. The van der Waals surface area contributed by atoms with Gasteiger partial charge in [-0.3, -0.25) is 4.79 Å². The van der Waals surface area contributed by atoms with Crippen LogP contribution in [0.25, 0.3) is 0 Å². The zero-order valence-corrected chi connectivity index (χ0v) is 16.8. The molecule has 1 atom stereocenters. The molecule has 1 aromatic carbocycles. The number of amides is 1. The summed E-state index contributed by atoms with van der Waals surface area (Å²) >= 11 is 0. The molecule has 0 saturated heterocycles. The van der Waals surface area contributed by atoms with Gasteiger partial charge in [0.2, 0.25) is 11.4 Å². The number of carbonyl (C=O) groups is 1. The smallest absolute Gasteiger partial charge is 0.367 e.